The molecule has 0 aliphatic heterocycles. The molecule has 4 aromatic rings. The number of carbonyl (C=O) groups excluding carboxylic acids is 1. The van der Waals surface area contributed by atoms with Crippen LogP contribution in [0.5, 0.6) is 0 Å². The topological polar surface area (TPSA) is 83.9 Å². The molecule has 0 aliphatic carbocycles. The van der Waals surface area contributed by atoms with Crippen molar-refractivity contribution in [2.45, 2.75) is 13.1 Å². The first-order valence-electron chi connectivity index (χ1n) is 10.3. The quantitative estimate of drug-likeness (QED) is 0.352. The molecule has 7 nitrogen and oxygen atoms in total. The fraction of sp³-hybridized carbons (Fsp3) is 0.125. The van der Waals surface area contributed by atoms with Crippen LogP contribution in [0.3, 0.4) is 0 Å². The van der Waals surface area contributed by atoms with Crippen molar-refractivity contribution in [2.24, 2.45) is 0 Å². The Morgan fingerprint density at radius 3 is 2.35 bits per heavy atom. The third-order valence-corrected chi connectivity index (χ3v) is 4.97. The number of aryl methyl sites for hydroxylation is 1. The molecule has 4 rings (SSSR count). The number of nitrogens with one attached hydrogen (secondary N) is 3. The van der Waals surface area contributed by atoms with Gasteiger partial charge in [-0.25, -0.2) is 9.67 Å². The first-order valence-corrected chi connectivity index (χ1v) is 10.3. The molecule has 2 heterocycles. The molecule has 0 bridgehead atoms. The summed E-state index contributed by atoms with van der Waals surface area (Å²) in [5, 5.41) is 12.7. The summed E-state index contributed by atoms with van der Waals surface area (Å²) in [6.45, 7) is 1.81. The summed E-state index contributed by atoms with van der Waals surface area (Å²) in [6.07, 6.45) is -3.90. The SMILES string of the molecule is CNC(=O)c1ccccc1Nc1cc(Nc2cc(C)nn2-c2ccccc2)ncc1C(F)(F)F. The normalized spacial score (nSPS) is 11.2. The van der Waals surface area contributed by atoms with E-state index < -0.39 is 17.6 Å². The lowest BCUT2D eigenvalue weighted by Crippen LogP contribution is -2.19. The van der Waals surface area contributed by atoms with Gasteiger partial charge in [0.15, 0.2) is 0 Å². The van der Waals surface area contributed by atoms with Gasteiger partial charge in [-0.2, -0.15) is 18.3 Å². The monoisotopic (exact) mass is 466 g/mol. The molecule has 0 saturated carbocycles. The molecule has 0 unspecified atom stereocenters. The molecule has 2 aromatic heterocycles. The lowest BCUT2D eigenvalue weighted by Gasteiger charge is -2.18. The number of amides is 1. The standard InChI is InChI=1S/C24H21F3N6O/c1-15-12-22(33(32-15)16-8-4-3-5-9-16)31-21-13-20(18(14-29-21)24(25,26)27)30-19-11-7-6-10-17(19)23(34)28-2/h3-14H,1-2H3,(H,28,34)(H2,29,30,31). The Hall–Kier alpha value is -4.34. The number of rotatable bonds is 6. The number of benzene rings is 2. The highest BCUT2D eigenvalue weighted by Gasteiger charge is 2.34. The number of carbonyl (C=O) groups is 1. The van der Waals surface area contributed by atoms with Crippen molar-refractivity contribution in [2.75, 3.05) is 17.7 Å². The number of halogens is 3. The van der Waals surface area contributed by atoms with E-state index in [4.69, 9.17) is 0 Å². The summed E-state index contributed by atoms with van der Waals surface area (Å²) in [5.41, 5.74) is 0.734. The van der Waals surface area contributed by atoms with Gasteiger partial charge in [-0.3, -0.25) is 4.79 Å². The maximum Gasteiger partial charge on any atom is 0.419 e. The lowest BCUT2D eigenvalue weighted by molar-refractivity contribution is -0.137. The molecule has 10 heteroatoms. The smallest absolute Gasteiger partial charge is 0.355 e. The molecule has 0 saturated heterocycles. The molecule has 0 radical (unpaired) electrons. The van der Waals surface area contributed by atoms with Crippen LogP contribution in [0.4, 0.5) is 36.2 Å². The Kier molecular flexibility index (Phi) is 6.22. The highest BCUT2D eigenvalue weighted by atomic mass is 19.4. The number of alkyl halides is 3. The van der Waals surface area contributed by atoms with E-state index in [2.05, 4.69) is 26.0 Å². The summed E-state index contributed by atoms with van der Waals surface area (Å²) < 4.78 is 42.8. The van der Waals surface area contributed by atoms with Gasteiger partial charge in [0.2, 0.25) is 0 Å². The van der Waals surface area contributed by atoms with E-state index in [1.165, 1.54) is 25.2 Å². The molecule has 0 aliphatic rings. The van der Waals surface area contributed by atoms with Crippen LogP contribution in [0.1, 0.15) is 21.6 Å². The Morgan fingerprint density at radius 2 is 1.65 bits per heavy atom. The lowest BCUT2D eigenvalue weighted by atomic mass is 10.1. The minimum atomic E-state index is -4.65. The average Bonchev–Trinajstić information content (AvgIpc) is 3.18. The van der Waals surface area contributed by atoms with E-state index in [0.29, 0.717) is 5.82 Å². The second kappa shape index (κ2) is 9.26. The van der Waals surface area contributed by atoms with Gasteiger partial charge >= 0.3 is 6.18 Å². The van der Waals surface area contributed by atoms with Crippen LogP contribution in [0.2, 0.25) is 0 Å². The highest BCUT2D eigenvalue weighted by molar-refractivity contribution is 6.00. The zero-order valence-electron chi connectivity index (χ0n) is 18.3. The van der Waals surface area contributed by atoms with E-state index in [9.17, 15) is 18.0 Å². The minimum absolute atomic E-state index is 0.171. The maximum atomic E-state index is 13.7. The van der Waals surface area contributed by atoms with Gasteiger partial charge in [0, 0.05) is 25.4 Å². The Bertz CT molecular complexity index is 1320. The minimum Gasteiger partial charge on any atom is -0.355 e. The molecular weight excluding hydrogens is 445 g/mol. The second-order valence-corrected chi connectivity index (χ2v) is 7.41. The van der Waals surface area contributed by atoms with Crippen LogP contribution in [-0.2, 0) is 6.18 Å². The molecule has 0 fully saturated rings. The van der Waals surface area contributed by atoms with Gasteiger partial charge in [-0.15, -0.1) is 0 Å². The van der Waals surface area contributed by atoms with Crippen molar-refractivity contribution < 1.29 is 18.0 Å². The maximum absolute atomic E-state index is 13.7. The summed E-state index contributed by atoms with van der Waals surface area (Å²) >= 11 is 0. The third-order valence-electron chi connectivity index (χ3n) is 4.97. The average molecular weight is 466 g/mol. The molecule has 34 heavy (non-hydrogen) atoms. The molecule has 3 N–H and O–H groups in total. The van der Waals surface area contributed by atoms with Gasteiger partial charge in [-0.05, 0) is 31.2 Å². The van der Waals surface area contributed by atoms with Gasteiger partial charge in [-0.1, -0.05) is 30.3 Å². The van der Waals surface area contributed by atoms with E-state index >= 15 is 0 Å². The van der Waals surface area contributed by atoms with Crippen molar-refractivity contribution in [3.8, 4) is 5.69 Å². The second-order valence-electron chi connectivity index (χ2n) is 7.41. The number of nitrogens with zero attached hydrogens (tertiary/aromatic N) is 3. The van der Waals surface area contributed by atoms with Crippen LogP contribution in [0.15, 0.2) is 72.9 Å². The van der Waals surface area contributed by atoms with Crippen molar-refractivity contribution in [1.82, 2.24) is 20.1 Å². The van der Waals surface area contributed by atoms with Crippen molar-refractivity contribution >= 4 is 28.9 Å². The summed E-state index contributed by atoms with van der Waals surface area (Å²) in [4.78, 5) is 16.2. The zero-order valence-corrected chi connectivity index (χ0v) is 18.3. The van der Waals surface area contributed by atoms with Crippen LogP contribution >= 0.6 is 0 Å². The van der Waals surface area contributed by atoms with Crippen LogP contribution in [0.25, 0.3) is 5.69 Å². The molecule has 0 spiro atoms. The van der Waals surface area contributed by atoms with Crippen molar-refractivity contribution in [3.05, 3.63) is 89.7 Å². The van der Waals surface area contributed by atoms with Crippen LogP contribution < -0.4 is 16.0 Å². The Labute approximate surface area is 193 Å². The van der Waals surface area contributed by atoms with Crippen LogP contribution in [0, 0.1) is 6.92 Å². The third kappa shape index (κ3) is 4.85. The first-order chi connectivity index (χ1) is 16.3. The number of hydrogen-bond donors (Lipinski definition) is 3. The van der Waals surface area contributed by atoms with Gasteiger partial charge < -0.3 is 16.0 Å². The van der Waals surface area contributed by atoms with Gasteiger partial charge in [0.1, 0.15) is 11.6 Å². The fourth-order valence-corrected chi connectivity index (χ4v) is 3.41. The summed E-state index contributed by atoms with van der Waals surface area (Å²) in [6, 6.07) is 18.6. The molecular formula is C24H21F3N6O. The highest BCUT2D eigenvalue weighted by Crippen LogP contribution is 2.37. The van der Waals surface area contributed by atoms with E-state index in [1.54, 1.807) is 22.9 Å². The van der Waals surface area contributed by atoms with Gasteiger partial charge in [0.25, 0.3) is 5.91 Å². The van der Waals surface area contributed by atoms with Gasteiger partial charge in [0.05, 0.1) is 33.9 Å². The molecule has 0 atom stereocenters. The summed E-state index contributed by atoms with van der Waals surface area (Å²) in [7, 11) is 1.45. The number of aromatic nitrogens is 3. The van der Waals surface area contributed by atoms with E-state index in [1.807, 2.05) is 37.3 Å². The molecule has 2 aromatic carbocycles. The zero-order chi connectivity index (χ0) is 24.3. The number of anilines is 4. The first kappa shape index (κ1) is 22.8. The number of pyridine rings is 1. The summed E-state index contributed by atoms with van der Waals surface area (Å²) in [5.74, 6) is 0.281. The molecule has 174 valence electrons. The van der Waals surface area contributed by atoms with Crippen molar-refractivity contribution in [1.29, 1.82) is 0 Å². The van der Waals surface area contributed by atoms with E-state index in [-0.39, 0.29) is 22.8 Å². The largest absolute Gasteiger partial charge is 0.419 e. The van der Waals surface area contributed by atoms with E-state index in [0.717, 1.165) is 17.6 Å². The number of para-hydroxylation sites is 2. The van der Waals surface area contributed by atoms with Crippen molar-refractivity contribution in [3.63, 3.8) is 0 Å². The number of hydrogen-bond acceptors (Lipinski definition) is 5. The fourth-order valence-electron chi connectivity index (χ4n) is 3.41. The van der Waals surface area contributed by atoms with Crippen LogP contribution in [-0.4, -0.2) is 27.7 Å². The molecule has 1 amide bonds. The Morgan fingerprint density at radius 1 is 0.941 bits per heavy atom. The Balaban J connectivity index is 1.73. The predicted molar refractivity (Wildman–Crippen MR) is 124 cm³/mol. The predicted octanol–water partition coefficient (Wildman–Crippen LogP) is 5.44.